The van der Waals surface area contributed by atoms with Gasteiger partial charge in [-0.1, -0.05) is 60.7 Å². The molecule has 2 aromatic carbocycles. The molecule has 122 valence electrons. The summed E-state index contributed by atoms with van der Waals surface area (Å²) in [5.74, 6) is 0.686. The van der Waals surface area contributed by atoms with Crippen LogP contribution in [-0.4, -0.2) is 16.1 Å². The molecule has 0 bridgehead atoms. The van der Waals surface area contributed by atoms with E-state index in [-0.39, 0.29) is 12.6 Å². The Labute approximate surface area is 140 Å². The third-order valence-corrected chi connectivity index (χ3v) is 3.64. The molecule has 24 heavy (non-hydrogen) atoms. The molecule has 0 aliphatic rings. The number of alkyl carbamates (subject to hydrolysis) is 1. The third-order valence-electron chi connectivity index (χ3n) is 3.64. The predicted octanol–water partition coefficient (Wildman–Crippen LogP) is 4.06. The number of carbonyl (C=O) groups excluding carboxylic acids is 1. The number of benzene rings is 2. The number of aromatic amines is 1. The van der Waals surface area contributed by atoms with Crippen LogP contribution >= 0.6 is 0 Å². The maximum atomic E-state index is 11.9. The summed E-state index contributed by atoms with van der Waals surface area (Å²) in [6, 6.07) is 19.2. The number of aromatic nitrogens is 2. The van der Waals surface area contributed by atoms with E-state index in [1.807, 2.05) is 67.6 Å². The molecule has 0 saturated heterocycles. The lowest BCUT2D eigenvalue weighted by molar-refractivity contribution is 0.136. The van der Waals surface area contributed by atoms with Crippen LogP contribution < -0.4 is 5.32 Å². The zero-order valence-electron chi connectivity index (χ0n) is 13.4. The largest absolute Gasteiger partial charge is 0.445 e. The molecule has 1 amide bonds. The highest BCUT2D eigenvalue weighted by molar-refractivity contribution is 5.67. The number of imidazole rings is 1. The quantitative estimate of drug-likeness (QED) is 0.744. The molecule has 0 saturated carbocycles. The van der Waals surface area contributed by atoms with Gasteiger partial charge in [0.2, 0.25) is 0 Å². The fourth-order valence-electron chi connectivity index (χ4n) is 2.33. The number of nitrogens with zero attached hydrogens (tertiary/aromatic N) is 1. The van der Waals surface area contributed by atoms with Crippen LogP contribution in [0, 0.1) is 0 Å². The van der Waals surface area contributed by atoms with Gasteiger partial charge in [-0.3, -0.25) is 0 Å². The van der Waals surface area contributed by atoms with Crippen LogP contribution in [-0.2, 0) is 11.3 Å². The monoisotopic (exact) mass is 321 g/mol. The van der Waals surface area contributed by atoms with Crippen LogP contribution in [0.1, 0.15) is 24.4 Å². The van der Waals surface area contributed by atoms with Crippen LogP contribution in [0.4, 0.5) is 4.79 Å². The van der Waals surface area contributed by atoms with Crippen molar-refractivity contribution < 1.29 is 9.53 Å². The van der Waals surface area contributed by atoms with Crippen molar-refractivity contribution in [1.29, 1.82) is 0 Å². The molecule has 0 fully saturated rings. The molecule has 0 unspecified atom stereocenters. The molecular formula is C19H19N3O2. The number of hydrogen-bond acceptors (Lipinski definition) is 3. The van der Waals surface area contributed by atoms with Gasteiger partial charge in [0.15, 0.2) is 0 Å². The minimum absolute atomic E-state index is 0.243. The second-order valence-electron chi connectivity index (χ2n) is 5.48. The average Bonchev–Trinajstić information content (AvgIpc) is 3.12. The molecule has 0 radical (unpaired) electrons. The zero-order chi connectivity index (χ0) is 16.8. The number of amides is 1. The first-order chi connectivity index (χ1) is 11.7. The summed E-state index contributed by atoms with van der Waals surface area (Å²) in [6.45, 7) is 2.10. The Kier molecular flexibility index (Phi) is 4.91. The highest BCUT2D eigenvalue weighted by Gasteiger charge is 2.14. The first kappa shape index (κ1) is 15.8. The van der Waals surface area contributed by atoms with Crippen LogP contribution in [0.5, 0.6) is 0 Å². The van der Waals surface area contributed by atoms with Crippen molar-refractivity contribution in [2.45, 2.75) is 19.6 Å². The van der Waals surface area contributed by atoms with Gasteiger partial charge in [-0.2, -0.15) is 0 Å². The number of H-pyrrole nitrogens is 1. The molecule has 5 nitrogen and oxygen atoms in total. The van der Waals surface area contributed by atoms with Gasteiger partial charge in [0.05, 0.1) is 17.9 Å². The maximum Gasteiger partial charge on any atom is 0.408 e. The lowest BCUT2D eigenvalue weighted by Crippen LogP contribution is -2.27. The van der Waals surface area contributed by atoms with Gasteiger partial charge in [-0.15, -0.1) is 0 Å². The fraction of sp³-hybridized carbons (Fsp3) is 0.158. The molecule has 3 aromatic rings. The van der Waals surface area contributed by atoms with Gasteiger partial charge in [0, 0.05) is 0 Å². The van der Waals surface area contributed by atoms with Gasteiger partial charge in [0.1, 0.15) is 12.4 Å². The van der Waals surface area contributed by atoms with E-state index in [0.717, 1.165) is 16.8 Å². The van der Waals surface area contributed by atoms with Crippen molar-refractivity contribution in [1.82, 2.24) is 15.3 Å². The predicted molar refractivity (Wildman–Crippen MR) is 92.2 cm³/mol. The minimum Gasteiger partial charge on any atom is -0.445 e. The molecule has 0 aliphatic carbocycles. The lowest BCUT2D eigenvalue weighted by atomic mass is 10.2. The fourth-order valence-corrected chi connectivity index (χ4v) is 2.33. The molecule has 0 aliphatic heterocycles. The number of hydrogen-bond donors (Lipinski definition) is 2. The van der Waals surface area contributed by atoms with Crippen molar-refractivity contribution in [3.8, 4) is 11.3 Å². The second-order valence-corrected chi connectivity index (χ2v) is 5.48. The Bertz CT molecular complexity index is 785. The lowest BCUT2D eigenvalue weighted by Gasteiger charge is -2.12. The van der Waals surface area contributed by atoms with E-state index in [9.17, 15) is 4.79 Å². The molecule has 0 spiro atoms. The van der Waals surface area contributed by atoms with E-state index < -0.39 is 6.09 Å². The standard InChI is InChI=1S/C19H19N3O2/c1-14(21-19(23)24-13-15-8-4-2-5-9-15)18-20-12-17(22-18)16-10-6-3-7-11-16/h2-12,14H,13H2,1H3,(H,20,22)(H,21,23)/t14-/m0/s1. The van der Waals surface area contributed by atoms with Crippen molar-refractivity contribution >= 4 is 6.09 Å². The Morgan fingerprint density at radius 2 is 1.79 bits per heavy atom. The van der Waals surface area contributed by atoms with E-state index in [1.165, 1.54) is 0 Å². The van der Waals surface area contributed by atoms with Crippen molar-refractivity contribution in [2.75, 3.05) is 0 Å². The Balaban J connectivity index is 1.56. The SMILES string of the molecule is C[C@H](NC(=O)OCc1ccccc1)c1ncc(-c2ccccc2)[nH]1. The summed E-state index contributed by atoms with van der Waals surface area (Å²) in [5.41, 5.74) is 2.91. The van der Waals surface area contributed by atoms with Crippen LogP contribution in [0.3, 0.4) is 0 Å². The highest BCUT2D eigenvalue weighted by atomic mass is 16.5. The molecule has 1 atom stereocenters. The van der Waals surface area contributed by atoms with Crippen molar-refractivity contribution in [3.63, 3.8) is 0 Å². The highest BCUT2D eigenvalue weighted by Crippen LogP contribution is 2.18. The minimum atomic E-state index is -0.469. The Morgan fingerprint density at radius 3 is 2.50 bits per heavy atom. The van der Waals surface area contributed by atoms with Crippen LogP contribution in [0.15, 0.2) is 66.9 Å². The first-order valence-corrected chi connectivity index (χ1v) is 7.80. The number of ether oxygens (including phenoxy) is 1. The average molecular weight is 321 g/mol. The Hall–Kier alpha value is -3.08. The van der Waals surface area contributed by atoms with Gasteiger partial charge in [-0.25, -0.2) is 9.78 Å². The summed E-state index contributed by atoms with van der Waals surface area (Å²) in [7, 11) is 0. The summed E-state index contributed by atoms with van der Waals surface area (Å²) in [4.78, 5) is 19.5. The second kappa shape index (κ2) is 7.46. The van der Waals surface area contributed by atoms with Gasteiger partial charge >= 0.3 is 6.09 Å². The molecule has 1 heterocycles. The molecule has 3 rings (SSSR count). The molecule has 5 heteroatoms. The maximum absolute atomic E-state index is 11.9. The molecular weight excluding hydrogens is 302 g/mol. The summed E-state index contributed by atoms with van der Waals surface area (Å²) in [5, 5.41) is 2.78. The number of rotatable bonds is 5. The summed E-state index contributed by atoms with van der Waals surface area (Å²) >= 11 is 0. The number of carbonyl (C=O) groups is 1. The van der Waals surface area contributed by atoms with Gasteiger partial charge < -0.3 is 15.0 Å². The summed E-state index contributed by atoms with van der Waals surface area (Å²) < 4.78 is 5.22. The van der Waals surface area contributed by atoms with Gasteiger partial charge in [0.25, 0.3) is 0 Å². The van der Waals surface area contributed by atoms with E-state index in [0.29, 0.717) is 5.82 Å². The van der Waals surface area contributed by atoms with E-state index in [4.69, 9.17) is 4.74 Å². The van der Waals surface area contributed by atoms with Gasteiger partial charge in [-0.05, 0) is 18.1 Å². The van der Waals surface area contributed by atoms with Crippen LogP contribution in [0.25, 0.3) is 11.3 Å². The number of nitrogens with one attached hydrogen (secondary N) is 2. The molecule has 1 aromatic heterocycles. The van der Waals surface area contributed by atoms with Crippen LogP contribution in [0.2, 0.25) is 0 Å². The van der Waals surface area contributed by atoms with E-state index >= 15 is 0 Å². The zero-order valence-corrected chi connectivity index (χ0v) is 13.4. The Morgan fingerprint density at radius 1 is 1.12 bits per heavy atom. The van der Waals surface area contributed by atoms with Crippen molar-refractivity contribution in [3.05, 3.63) is 78.2 Å². The van der Waals surface area contributed by atoms with Crippen molar-refractivity contribution in [2.24, 2.45) is 0 Å². The smallest absolute Gasteiger partial charge is 0.408 e. The molecule has 2 N–H and O–H groups in total. The first-order valence-electron chi connectivity index (χ1n) is 7.80. The third kappa shape index (κ3) is 4.01. The normalized spacial score (nSPS) is 11.7. The van der Waals surface area contributed by atoms with E-state index in [1.54, 1.807) is 6.20 Å². The summed E-state index contributed by atoms with van der Waals surface area (Å²) in [6.07, 6.45) is 1.29. The topological polar surface area (TPSA) is 67.0 Å². The van der Waals surface area contributed by atoms with E-state index in [2.05, 4.69) is 15.3 Å².